The van der Waals surface area contributed by atoms with Gasteiger partial charge in [0.25, 0.3) is 11.5 Å². The van der Waals surface area contributed by atoms with Crippen molar-refractivity contribution in [1.82, 2.24) is 30.1 Å². The number of likely N-dealkylation sites (tertiary alicyclic amines) is 1. The van der Waals surface area contributed by atoms with Crippen molar-refractivity contribution in [2.24, 2.45) is 0 Å². The maximum atomic E-state index is 14.7. The average molecular weight is 446 g/mol. The second-order valence-electron chi connectivity index (χ2n) is 8.33. The number of carbonyl (C=O) groups excluding carboxylic acids is 1. The Kier molecular flexibility index (Phi) is 4.54. The third-order valence-electron chi connectivity index (χ3n) is 6.34. The lowest BCUT2D eigenvalue weighted by atomic mass is 10.0. The Labute approximate surface area is 186 Å². The highest BCUT2D eigenvalue weighted by Gasteiger charge is 2.41. The number of benzene rings is 2. The highest BCUT2D eigenvalue weighted by Crippen LogP contribution is 2.31. The molecule has 1 saturated heterocycles. The van der Waals surface area contributed by atoms with Crippen molar-refractivity contribution in [3.8, 4) is 0 Å². The number of hydrogen-bond acceptors (Lipinski definition) is 6. The topological polar surface area (TPSA) is 106 Å². The molecule has 6 rings (SSSR count). The SMILES string of the molecule is O=C(c1cc(Cc2n[nH]c(=O)c3ccccc23)ccc1F)N1C[C@@H]2OCc3cnnn3[C@H]2C1. The molecule has 9 nitrogen and oxygen atoms in total. The zero-order valence-corrected chi connectivity index (χ0v) is 17.4. The third kappa shape index (κ3) is 3.30. The number of H-pyrrole nitrogens is 1. The molecule has 4 heterocycles. The molecule has 2 atom stereocenters. The maximum absolute atomic E-state index is 14.7. The van der Waals surface area contributed by atoms with Crippen molar-refractivity contribution in [3.63, 3.8) is 0 Å². The van der Waals surface area contributed by atoms with Gasteiger partial charge in [0.2, 0.25) is 0 Å². The van der Waals surface area contributed by atoms with Gasteiger partial charge in [-0.3, -0.25) is 9.59 Å². The Morgan fingerprint density at radius 1 is 1.18 bits per heavy atom. The summed E-state index contributed by atoms with van der Waals surface area (Å²) in [5.41, 5.74) is 1.96. The van der Waals surface area contributed by atoms with Crippen molar-refractivity contribution >= 4 is 16.7 Å². The molecule has 0 spiro atoms. The van der Waals surface area contributed by atoms with Gasteiger partial charge in [-0.15, -0.1) is 5.10 Å². The van der Waals surface area contributed by atoms with E-state index >= 15 is 0 Å². The fourth-order valence-corrected chi connectivity index (χ4v) is 4.68. The first-order chi connectivity index (χ1) is 16.1. The molecule has 166 valence electrons. The molecule has 0 unspecified atom stereocenters. The van der Waals surface area contributed by atoms with E-state index in [9.17, 15) is 14.0 Å². The Balaban J connectivity index is 1.28. The second-order valence-corrected chi connectivity index (χ2v) is 8.33. The van der Waals surface area contributed by atoms with E-state index in [4.69, 9.17) is 4.74 Å². The number of aromatic amines is 1. The molecule has 1 N–H and O–H groups in total. The Morgan fingerprint density at radius 3 is 2.91 bits per heavy atom. The molecule has 2 aliphatic rings. The van der Waals surface area contributed by atoms with Crippen LogP contribution in [-0.2, 0) is 17.8 Å². The molecule has 0 saturated carbocycles. The molecular formula is C23H19FN6O3. The van der Waals surface area contributed by atoms with Gasteiger partial charge < -0.3 is 9.64 Å². The van der Waals surface area contributed by atoms with Gasteiger partial charge in [0.15, 0.2) is 0 Å². The van der Waals surface area contributed by atoms with Gasteiger partial charge in [-0.25, -0.2) is 14.2 Å². The first kappa shape index (κ1) is 19.7. The van der Waals surface area contributed by atoms with Crippen molar-refractivity contribution in [2.75, 3.05) is 13.1 Å². The summed E-state index contributed by atoms with van der Waals surface area (Å²) < 4.78 is 22.4. The molecule has 10 heteroatoms. The highest BCUT2D eigenvalue weighted by atomic mass is 19.1. The Hall–Kier alpha value is -3.92. The highest BCUT2D eigenvalue weighted by molar-refractivity contribution is 5.95. The third-order valence-corrected chi connectivity index (χ3v) is 6.34. The van der Waals surface area contributed by atoms with Gasteiger partial charge >= 0.3 is 0 Å². The molecule has 2 aliphatic heterocycles. The summed E-state index contributed by atoms with van der Waals surface area (Å²) in [4.78, 5) is 26.9. The van der Waals surface area contributed by atoms with Crippen LogP contribution in [0.2, 0.25) is 0 Å². The number of aromatic nitrogens is 5. The van der Waals surface area contributed by atoms with E-state index in [2.05, 4.69) is 20.5 Å². The van der Waals surface area contributed by atoms with Crippen LogP contribution in [0.25, 0.3) is 10.8 Å². The Morgan fingerprint density at radius 2 is 2.03 bits per heavy atom. The second kappa shape index (κ2) is 7.59. The van der Waals surface area contributed by atoms with Crippen LogP contribution < -0.4 is 5.56 Å². The first-order valence-corrected chi connectivity index (χ1v) is 10.6. The van der Waals surface area contributed by atoms with Crippen LogP contribution >= 0.6 is 0 Å². The minimum absolute atomic E-state index is 0.00121. The van der Waals surface area contributed by atoms with Crippen LogP contribution in [-0.4, -0.2) is 55.2 Å². The van der Waals surface area contributed by atoms with Crippen molar-refractivity contribution in [1.29, 1.82) is 0 Å². The van der Waals surface area contributed by atoms with Crippen LogP contribution in [0.4, 0.5) is 4.39 Å². The van der Waals surface area contributed by atoms with Gasteiger partial charge in [0.05, 0.1) is 47.3 Å². The smallest absolute Gasteiger partial charge is 0.272 e. The van der Waals surface area contributed by atoms with Gasteiger partial charge in [0, 0.05) is 24.9 Å². The number of ether oxygens (including phenoxy) is 1. The van der Waals surface area contributed by atoms with E-state index in [1.165, 1.54) is 6.07 Å². The number of nitrogens with zero attached hydrogens (tertiary/aromatic N) is 5. The number of rotatable bonds is 3. The molecule has 1 amide bonds. The van der Waals surface area contributed by atoms with Crippen LogP contribution in [0.5, 0.6) is 0 Å². The van der Waals surface area contributed by atoms with E-state index in [0.717, 1.165) is 16.6 Å². The number of hydrogen-bond donors (Lipinski definition) is 1. The molecular weight excluding hydrogens is 427 g/mol. The minimum Gasteiger partial charge on any atom is -0.368 e. The molecule has 0 radical (unpaired) electrons. The number of fused-ring (bicyclic) bond motifs is 4. The van der Waals surface area contributed by atoms with E-state index < -0.39 is 11.7 Å². The normalized spacial score (nSPS) is 19.5. The van der Waals surface area contributed by atoms with Gasteiger partial charge in [-0.2, -0.15) is 5.10 Å². The number of amides is 1. The predicted molar refractivity (Wildman–Crippen MR) is 115 cm³/mol. The summed E-state index contributed by atoms with van der Waals surface area (Å²) in [5.74, 6) is -0.978. The van der Waals surface area contributed by atoms with E-state index in [1.807, 2.05) is 12.1 Å². The van der Waals surface area contributed by atoms with Crippen LogP contribution in [0.1, 0.15) is 33.4 Å². The van der Waals surface area contributed by atoms with E-state index in [0.29, 0.717) is 37.2 Å². The fraction of sp³-hybridized carbons (Fsp3) is 0.261. The zero-order chi connectivity index (χ0) is 22.5. The molecule has 33 heavy (non-hydrogen) atoms. The van der Waals surface area contributed by atoms with E-state index in [1.54, 1.807) is 40.0 Å². The van der Waals surface area contributed by atoms with E-state index in [-0.39, 0.29) is 23.3 Å². The van der Waals surface area contributed by atoms with Gasteiger partial charge in [0.1, 0.15) is 5.82 Å². The lowest BCUT2D eigenvalue weighted by Crippen LogP contribution is -2.32. The molecule has 0 bridgehead atoms. The standard InChI is InChI=1S/C23H19FN6O3/c24-18-6-5-13(8-19-15-3-1-2-4-16(15)22(31)27-26-19)7-17(18)23(32)29-10-20-21(11-29)33-12-14-9-25-28-30(14)20/h1-7,9,20-21H,8,10-12H2,(H,27,31)/t20-,21-/m0/s1. The largest absolute Gasteiger partial charge is 0.368 e. The zero-order valence-electron chi connectivity index (χ0n) is 17.4. The summed E-state index contributed by atoms with van der Waals surface area (Å²) in [6, 6.07) is 11.5. The molecule has 2 aromatic heterocycles. The summed E-state index contributed by atoms with van der Waals surface area (Å²) in [6.07, 6.45) is 1.79. The van der Waals surface area contributed by atoms with Crippen molar-refractivity contribution in [2.45, 2.75) is 25.2 Å². The molecule has 2 aromatic carbocycles. The van der Waals surface area contributed by atoms with Gasteiger partial charge in [-0.1, -0.05) is 29.5 Å². The average Bonchev–Trinajstić information content (AvgIpc) is 3.48. The van der Waals surface area contributed by atoms with Crippen molar-refractivity contribution in [3.05, 3.63) is 87.3 Å². The number of halogens is 1. The van der Waals surface area contributed by atoms with Crippen molar-refractivity contribution < 1.29 is 13.9 Å². The fourth-order valence-electron chi connectivity index (χ4n) is 4.68. The van der Waals surface area contributed by atoms with Crippen LogP contribution in [0, 0.1) is 5.82 Å². The van der Waals surface area contributed by atoms with Crippen LogP contribution in [0.3, 0.4) is 0 Å². The first-order valence-electron chi connectivity index (χ1n) is 10.6. The summed E-state index contributed by atoms with van der Waals surface area (Å²) in [6.45, 7) is 1.12. The number of carbonyl (C=O) groups is 1. The summed E-state index contributed by atoms with van der Waals surface area (Å²) in [7, 11) is 0. The quantitative estimate of drug-likeness (QED) is 0.515. The molecule has 4 aromatic rings. The monoisotopic (exact) mass is 446 g/mol. The van der Waals surface area contributed by atoms with Gasteiger partial charge in [-0.05, 0) is 23.8 Å². The maximum Gasteiger partial charge on any atom is 0.272 e. The minimum atomic E-state index is -0.583. The number of nitrogens with one attached hydrogen (secondary N) is 1. The summed E-state index contributed by atoms with van der Waals surface area (Å²) >= 11 is 0. The summed E-state index contributed by atoms with van der Waals surface area (Å²) in [5, 5.41) is 16.0. The Bertz CT molecular complexity index is 1450. The molecule has 0 aliphatic carbocycles. The predicted octanol–water partition coefficient (Wildman–Crippen LogP) is 1.84. The molecule has 1 fully saturated rings. The lowest BCUT2D eigenvalue weighted by Gasteiger charge is -2.25. The lowest BCUT2D eigenvalue weighted by molar-refractivity contribution is -0.00489. The van der Waals surface area contributed by atoms with Crippen LogP contribution in [0.15, 0.2) is 53.5 Å².